The Balaban J connectivity index is 0.00000320. The van der Waals surface area contributed by atoms with Gasteiger partial charge in [0.15, 0.2) is 11.5 Å². The zero-order valence-corrected chi connectivity index (χ0v) is 19.8. The first-order valence-corrected chi connectivity index (χ1v) is 11.4. The molecular weight excluding hydrogens is 417 g/mol. The van der Waals surface area contributed by atoms with Crippen molar-refractivity contribution in [2.75, 3.05) is 6.61 Å². The summed E-state index contributed by atoms with van der Waals surface area (Å²) in [4.78, 5) is 0. The van der Waals surface area contributed by atoms with Crippen LogP contribution >= 0.6 is 24.0 Å². The summed E-state index contributed by atoms with van der Waals surface area (Å²) < 4.78 is 11.9. The zero-order valence-electron chi connectivity index (χ0n) is 18.2. The second-order valence-electron chi connectivity index (χ2n) is 8.04. The van der Waals surface area contributed by atoms with Crippen molar-refractivity contribution in [3.63, 3.8) is 0 Å². The van der Waals surface area contributed by atoms with Crippen LogP contribution in [-0.4, -0.2) is 12.6 Å². The molecule has 1 aliphatic rings. The van der Waals surface area contributed by atoms with Crippen LogP contribution < -0.4 is 14.8 Å². The minimum atomic E-state index is 0. The first kappa shape index (κ1) is 24.8. The number of aryl methyl sites for hydroxylation is 1. The Hall–Kier alpha value is -1.42. The molecule has 0 saturated heterocycles. The van der Waals surface area contributed by atoms with E-state index in [-0.39, 0.29) is 12.4 Å². The monoisotopic (exact) mass is 451 g/mol. The second kappa shape index (κ2) is 13.1. The van der Waals surface area contributed by atoms with E-state index in [4.69, 9.17) is 21.1 Å². The first-order valence-electron chi connectivity index (χ1n) is 11.0. The topological polar surface area (TPSA) is 30.5 Å². The average Bonchev–Trinajstić information content (AvgIpc) is 2.68. The lowest BCUT2D eigenvalue weighted by Gasteiger charge is -2.22. The van der Waals surface area contributed by atoms with Crippen LogP contribution in [0.3, 0.4) is 0 Å². The molecule has 1 fully saturated rings. The van der Waals surface area contributed by atoms with Crippen molar-refractivity contribution in [3.05, 3.63) is 58.1 Å². The van der Waals surface area contributed by atoms with Crippen molar-refractivity contribution in [3.8, 4) is 11.5 Å². The van der Waals surface area contributed by atoms with E-state index in [0.717, 1.165) is 23.4 Å². The van der Waals surface area contributed by atoms with Gasteiger partial charge in [0.25, 0.3) is 0 Å². The van der Waals surface area contributed by atoms with Gasteiger partial charge in [-0.1, -0.05) is 73.5 Å². The minimum absolute atomic E-state index is 0. The van der Waals surface area contributed by atoms with Gasteiger partial charge in [-0.15, -0.1) is 12.4 Å². The second-order valence-corrected chi connectivity index (χ2v) is 8.44. The van der Waals surface area contributed by atoms with Gasteiger partial charge < -0.3 is 14.8 Å². The van der Waals surface area contributed by atoms with Gasteiger partial charge in [0, 0.05) is 12.6 Å². The smallest absolute Gasteiger partial charge is 0.180 e. The molecule has 0 unspecified atom stereocenters. The van der Waals surface area contributed by atoms with E-state index in [0.29, 0.717) is 30.0 Å². The van der Waals surface area contributed by atoms with Crippen molar-refractivity contribution >= 4 is 24.0 Å². The number of hydrogen-bond acceptors (Lipinski definition) is 3. The summed E-state index contributed by atoms with van der Waals surface area (Å²) in [5.74, 6) is 1.35. The van der Waals surface area contributed by atoms with Crippen LogP contribution in [0.15, 0.2) is 36.4 Å². The van der Waals surface area contributed by atoms with E-state index in [1.807, 2.05) is 13.0 Å². The van der Waals surface area contributed by atoms with Crippen LogP contribution in [0.2, 0.25) is 5.02 Å². The average molecular weight is 452 g/mol. The van der Waals surface area contributed by atoms with Crippen LogP contribution in [0.25, 0.3) is 0 Å². The molecule has 0 heterocycles. The van der Waals surface area contributed by atoms with Crippen molar-refractivity contribution in [1.29, 1.82) is 0 Å². The van der Waals surface area contributed by atoms with Gasteiger partial charge in [-0.2, -0.15) is 0 Å². The molecule has 3 nitrogen and oxygen atoms in total. The lowest BCUT2D eigenvalue weighted by molar-refractivity contribution is 0.269. The fourth-order valence-corrected chi connectivity index (χ4v) is 4.18. The number of ether oxygens (including phenoxy) is 2. The van der Waals surface area contributed by atoms with Gasteiger partial charge in [-0.05, 0) is 49.9 Å². The quantitative estimate of drug-likeness (QED) is 0.458. The number of halogens is 2. The molecule has 0 radical (unpaired) electrons. The molecule has 1 N–H and O–H groups in total. The van der Waals surface area contributed by atoms with Gasteiger partial charge >= 0.3 is 0 Å². The van der Waals surface area contributed by atoms with Gasteiger partial charge in [-0.3, -0.25) is 0 Å². The van der Waals surface area contributed by atoms with Gasteiger partial charge in [0.05, 0.1) is 11.6 Å². The third-order valence-electron chi connectivity index (χ3n) is 5.57. The summed E-state index contributed by atoms with van der Waals surface area (Å²) in [5.41, 5.74) is 3.50. The van der Waals surface area contributed by atoms with Crippen LogP contribution in [0, 0.1) is 6.92 Å². The largest absolute Gasteiger partial charge is 0.490 e. The highest BCUT2D eigenvalue weighted by molar-refractivity contribution is 6.32. The summed E-state index contributed by atoms with van der Waals surface area (Å²) >= 11 is 6.60. The molecule has 5 heteroatoms. The van der Waals surface area contributed by atoms with Crippen molar-refractivity contribution in [2.45, 2.75) is 78.0 Å². The molecule has 2 aromatic rings. The first-order chi connectivity index (χ1) is 14.2. The zero-order chi connectivity index (χ0) is 20.5. The molecule has 2 aromatic carbocycles. The SMILES string of the molecule is CCOc1cc(CNC2CCCCCCC2)cc(Cl)c1OCc1ccc(C)cc1.Cl. The molecular formula is C25H35Cl2NO2. The summed E-state index contributed by atoms with van der Waals surface area (Å²) in [7, 11) is 0. The van der Waals surface area contributed by atoms with E-state index in [2.05, 4.69) is 42.6 Å². The lowest BCUT2D eigenvalue weighted by Crippen LogP contribution is -2.29. The highest BCUT2D eigenvalue weighted by atomic mass is 35.5. The summed E-state index contributed by atoms with van der Waals surface area (Å²) in [6.45, 7) is 5.92. The maximum atomic E-state index is 6.60. The van der Waals surface area contributed by atoms with Crippen LogP contribution in [0.1, 0.15) is 68.6 Å². The summed E-state index contributed by atoms with van der Waals surface area (Å²) in [6.07, 6.45) is 9.32. The van der Waals surface area contributed by atoms with E-state index in [9.17, 15) is 0 Å². The van der Waals surface area contributed by atoms with Gasteiger partial charge in [0.2, 0.25) is 0 Å². The van der Waals surface area contributed by atoms with Gasteiger partial charge in [-0.25, -0.2) is 0 Å². The van der Waals surface area contributed by atoms with Crippen molar-refractivity contribution in [2.24, 2.45) is 0 Å². The number of nitrogens with one attached hydrogen (secondary N) is 1. The van der Waals surface area contributed by atoms with Crippen molar-refractivity contribution < 1.29 is 9.47 Å². The Labute approximate surface area is 192 Å². The molecule has 30 heavy (non-hydrogen) atoms. The normalized spacial score (nSPS) is 15.0. The maximum absolute atomic E-state index is 6.60. The Morgan fingerprint density at radius 1 is 0.933 bits per heavy atom. The Morgan fingerprint density at radius 2 is 1.60 bits per heavy atom. The number of rotatable bonds is 8. The highest BCUT2D eigenvalue weighted by Crippen LogP contribution is 2.37. The number of hydrogen-bond donors (Lipinski definition) is 1. The molecule has 0 aliphatic heterocycles. The maximum Gasteiger partial charge on any atom is 0.180 e. The Kier molecular flexibility index (Phi) is 10.8. The third-order valence-corrected chi connectivity index (χ3v) is 5.85. The predicted molar refractivity (Wildman–Crippen MR) is 128 cm³/mol. The molecule has 0 atom stereocenters. The van der Waals surface area contributed by atoms with Crippen LogP contribution in [0.4, 0.5) is 0 Å². The van der Waals surface area contributed by atoms with E-state index in [1.165, 1.54) is 50.5 Å². The molecule has 0 bridgehead atoms. The van der Waals surface area contributed by atoms with E-state index in [1.54, 1.807) is 0 Å². The summed E-state index contributed by atoms with van der Waals surface area (Å²) in [6, 6.07) is 13.0. The van der Waals surface area contributed by atoms with Crippen molar-refractivity contribution in [1.82, 2.24) is 5.32 Å². The van der Waals surface area contributed by atoms with E-state index < -0.39 is 0 Å². The fraction of sp³-hybridized carbons (Fsp3) is 0.520. The molecule has 1 saturated carbocycles. The molecule has 0 amide bonds. The van der Waals surface area contributed by atoms with E-state index >= 15 is 0 Å². The molecule has 1 aliphatic carbocycles. The fourth-order valence-electron chi connectivity index (χ4n) is 3.89. The molecule has 0 aromatic heterocycles. The molecule has 3 rings (SSSR count). The van der Waals surface area contributed by atoms with Gasteiger partial charge in [0.1, 0.15) is 6.61 Å². The third kappa shape index (κ3) is 7.68. The lowest BCUT2D eigenvalue weighted by atomic mass is 9.96. The predicted octanol–water partition coefficient (Wildman–Crippen LogP) is 7.25. The Morgan fingerprint density at radius 3 is 2.27 bits per heavy atom. The highest BCUT2D eigenvalue weighted by Gasteiger charge is 2.15. The summed E-state index contributed by atoms with van der Waals surface area (Å²) in [5, 5.41) is 4.34. The number of benzene rings is 2. The standard InChI is InChI=1S/C25H34ClNO2.ClH/c1-3-28-24-16-21(17-27-22-9-7-5-4-6-8-10-22)15-23(26)25(24)29-18-20-13-11-19(2)12-14-20;/h11-16,22,27H,3-10,17-18H2,1-2H3;1H. The Bertz CT molecular complexity index is 756. The molecule has 166 valence electrons. The minimum Gasteiger partial charge on any atom is -0.490 e. The van der Waals surface area contributed by atoms with Crippen LogP contribution in [0.5, 0.6) is 11.5 Å². The van der Waals surface area contributed by atoms with Crippen LogP contribution in [-0.2, 0) is 13.2 Å². The molecule has 0 spiro atoms.